The summed E-state index contributed by atoms with van der Waals surface area (Å²) >= 11 is 0. The Hall–Kier alpha value is 0.491. The molecular formula is C11H36O4Si3. The SMILES string of the molecule is C.C.C.CO[Si](C)(C)O[Si](C)(C)O[Si](C)(C)OC. The first-order valence-corrected chi connectivity index (χ1v) is 13.5. The minimum absolute atomic E-state index is 0. The first kappa shape index (κ1) is 26.9. The summed E-state index contributed by atoms with van der Waals surface area (Å²) in [5.74, 6) is 0. The van der Waals surface area contributed by atoms with Crippen molar-refractivity contribution in [1.29, 1.82) is 0 Å². The summed E-state index contributed by atoms with van der Waals surface area (Å²) < 4.78 is 22.7. The van der Waals surface area contributed by atoms with Crippen LogP contribution in [0.5, 0.6) is 0 Å². The molecule has 0 spiro atoms. The van der Waals surface area contributed by atoms with Crippen molar-refractivity contribution in [2.45, 2.75) is 61.6 Å². The molecule has 0 fully saturated rings. The molecule has 4 nitrogen and oxygen atoms in total. The molecule has 0 unspecified atom stereocenters. The minimum atomic E-state index is -2.14. The monoisotopic (exact) mass is 316 g/mol. The van der Waals surface area contributed by atoms with Crippen molar-refractivity contribution >= 4 is 25.7 Å². The summed E-state index contributed by atoms with van der Waals surface area (Å²) in [6.45, 7) is 12.2. The van der Waals surface area contributed by atoms with Gasteiger partial charge in [0.1, 0.15) is 0 Å². The third-order valence-corrected chi connectivity index (χ3v) is 11.8. The van der Waals surface area contributed by atoms with E-state index in [9.17, 15) is 0 Å². The maximum Gasteiger partial charge on any atom is 0.322 e. The highest BCUT2D eigenvalue weighted by molar-refractivity contribution is 6.84. The van der Waals surface area contributed by atoms with E-state index in [0.29, 0.717) is 0 Å². The smallest absolute Gasteiger partial charge is 0.322 e. The molecule has 18 heavy (non-hydrogen) atoms. The van der Waals surface area contributed by atoms with Crippen LogP contribution in [0.15, 0.2) is 0 Å². The standard InChI is InChI=1S/C8H24O4Si3.3CH4/c1-9-13(3,4)11-15(7,8)12-14(5,6)10-2;;;/h1-8H3;3*1H4. The van der Waals surface area contributed by atoms with Gasteiger partial charge < -0.3 is 17.1 Å². The van der Waals surface area contributed by atoms with Crippen LogP contribution in [-0.4, -0.2) is 39.9 Å². The predicted molar refractivity (Wildman–Crippen MR) is 88.8 cm³/mol. The van der Waals surface area contributed by atoms with Crippen LogP contribution < -0.4 is 0 Å². The van der Waals surface area contributed by atoms with Crippen LogP contribution in [0.4, 0.5) is 0 Å². The van der Waals surface area contributed by atoms with Crippen LogP contribution in [0, 0.1) is 0 Å². The Morgan fingerprint density at radius 2 is 0.722 bits per heavy atom. The van der Waals surface area contributed by atoms with Gasteiger partial charge in [-0.15, -0.1) is 0 Å². The Morgan fingerprint density at radius 1 is 0.500 bits per heavy atom. The molecule has 0 saturated heterocycles. The van der Waals surface area contributed by atoms with E-state index in [1.54, 1.807) is 14.2 Å². The minimum Gasteiger partial charge on any atom is -0.415 e. The highest BCUT2D eigenvalue weighted by atomic mass is 28.5. The third kappa shape index (κ3) is 11.6. The van der Waals surface area contributed by atoms with Gasteiger partial charge in [0.25, 0.3) is 0 Å². The van der Waals surface area contributed by atoms with Gasteiger partial charge in [-0.2, -0.15) is 0 Å². The van der Waals surface area contributed by atoms with E-state index in [4.69, 9.17) is 17.1 Å². The van der Waals surface area contributed by atoms with E-state index >= 15 is 0 Å². The molecule has 0 aliphatic rings. The Morgan fingerprint density at radius 3 is 0.889 bits per heavy atom. The molecule has 0 aromatic carbocycles. The average Bonchev–Trinajstić information content (AvgIpc) is 2.00. The molecule has 0 aromatic heterocycles. The van der Waals surface area contributed by atoms with Crippen LogP contribution in [0.3, 0.4) is 0 Å². The molecule has 116 valence electrons. The fraction of sp³-hybridized carbons (Fsp3) is 1.00. The summed E-state index contributed by atoms with van der Waals surface area (Å²) in [7, 11) is -2.81. The van der Waals surface area contributed by atoms with E-state index in [-0.39, 0.29) is 22.3 Å². The summed E-state index contributed by atoms with van der Waals surface area (Å²) in [5.41, 5.74) is 0. The Bertz CT molecular complexity index is 188. The molecule has 0 N–H and O–H groups in total. The molecule has 0 saturated carbocycles. The van der Waals surface area contributed by atoms with Crippen LogP contribution in [0.25, 0.3) is 0 Å². The molecular weight excluding hydrogens is 280 g/mol. The quantitative estimate of drug-likeness (QED) is 0.684. The van der Waals surface area contributed by atoms with Gasteiger partial charge in [-0.25, -0.2) is 0 Å². The molecule has 0 rings (SSSR count). The zero-order valence-electron chi connectivity index (χ0n) is 11.1. The summed E-state index contributed by atoms with van der Waals surface area (Å²) in [5, 5.41) is 0. The number of hydrogen-bond acceptors (Lipinski definition) is 4. The van der Waals surface area contributed by atoms with Crippen LogP contribution in [-0.2, 0) is 17.1 Å². The molecule has 0 heterocycles. The second-order valence-corrected chi connectivity index (χ2v) is 15.7. The molecule has 0 aliphatic carbocycles. The van der Waals surface area contributed by atoms with Gasteiger partial charge in [0.2, 0.25) is 0 Å². The topological polar surface area (TPSA) is 36.9 Å². The zero-order valence-corrected chi connectivity index (χ0v) is 14.1. The fourth-order valence-electron chi connectivity index (χ4n) is 1.29. The van der Waals surface area contributed by atoms with E-state index in [1.807, 2.05) is 39.3 Å². The lowest BCUT2D eigenvalue weighted by atomic mass is 11.8. The van der Waals surface area contributed by atoms with Crippen molar-refractivity contribution < 1.29 is 17.1 Å². The number of rotatable bonds is 6. The second-order valence-electron chi connectivity index (χ2n) is 4.81. The van der Waals surface area contributed by atoms with Gasteiger partial charge in [0, 0.05) is 14.2 Å². The van der Waals surface area contributed by atoms with Crippen molar-refractivity contribution in [1.82, 2.24) is 0 Å². The zero-order chi connectivity index (χ0) is 12.3. The first-order valence-electron chi connectivity index (χ1n) is 5.04. The van der Waals surface area contributed by atoms with Gasteiger partial charge in [-0.3, -0.25) is 0 Å². The summed E-state index contributed by atoms with van der Waals surface area (Å²) in [6.07, 6.45) is 0. The fourth-order valence-corrected chi connectivity index (χ4v) is 12.0. The van der Waals surface area contributed by atoms with Gasteiger partial charge >= 0.3 is 25.7 Å². The normalized spacial score (nSPS) is 12.0. The average molecular weight is 317 g/mol. The van der Waals surface area contributed by atoms with E-state index < -0.39 is 25.7 Å². The maximum absolute atomic E-state index is 6.00. The molecule has 0 atom stereocenters. The molecule has 0 amide bonds. The van der Waals surface area contributed by atoms with Gasteiger partial charge in [0.05, 0.1) is 0 Å². The maximum atomic E-state index is 6.00. The van der Waals surface area contributed by atoms with Gasteiger partial charge in [0.15, 0.2) is 0 Å². The Balaban J connectivity index is -0.000000327. The largest absolute Gasteiger partial charge is 0.415 e. The highest BCUT2D eigenvalue weighted by Gasteiger charge is 2.40. The second kappa shape index (κ2) is 9.40. The highest BCUT2D eigenvalue weighted by Crippen LogP contribution is 2.20. The van der Waals surface area contributed by atoms with Crippen molar-refractivity contribution in [2.75, 3.05) is 14.2 Å². The van der Waals surface area contributed by atoms with E-state index in [2.05, 4.69) is 0 Å². The lowest BCUT2D eigenvalue weighted by molar-refractivity contribution is 0.248. The van der Waals surface area contributed by atoms with Crippen LogP contribution in [0.2, 0.25) is 39.3 Å². The molecule has 0 radical (unpaired) electrons. The molecule has 0 aliphatic heterocycles. The molecule has 7 heteroatoms. The molecule has 0 bridgehead atoms. The summed E-state index contributed by atoms with van der Waals surface area (Å²) in [4.78, 5) is 0. The van der Waals surface area contributed by atoms with Crippen molar-refractivity contribution in [2.24, 2.45) is 0 Å². The summed E-state index contributed by atoms with van der Waals surface area (Å²) in [6, 6.07) is 0. The lowest BCUT2D eigenvalue weighted by Crippen LogP contribution is -2.53. The van der Waals surface area contributed by atoms with Crippen molar-refractivity contribution in [3.05, 3.63) is 0 Å². The van der Waals surface area contributed by atoms with Crippen molar-refractivity contribution in [3.63, 3.8) is 0 Å². The molecule has 0 aromatic rings. The third-order valence-electron chi connectivity index (χ3n) is 1.97. The van der Waals surface area contributed by atoms with Crippen LogP contribution >= 0.6 is 0 Å². The number of hydrogen-bond donors (Lipinski definition) is 0. The first-order chi connectivity index (χ1) is 6.54. The van der Waals surface area contributed by atoms with Gasteiger partial charge in [-0.05, 0) is 39.3 Å². The Kier molecular flexibility index (Phi) is 14.1. The van der Waals surface area contributed by atoms with E-state index in [1.165, 1.54) is 0 Å². The predicted octanol–water partition coefficient (Wildman–Crippen LogP) is 4.33. The van der Waals surface area contributed by atoms with E-state index in [0.717, 1.165) is 0 Å². The van der Waals surface area contributed by atoms with Gasteiger partial charge in [-0.1, -0.05) is 22.3 Å². The van der Waals surface area contributed by atoms with Crippen molar-refractivity contribution in [3.8, 4) is 0 Å². The van der Waals surface area contributed by atoms with Crippen LogP contribution in [0.1, 0.15) is 22.3 Å². The Labute approximate surface area is 119 Å². The lowest BCUT2D eigenvalue weighted by Gasteiger charge is -2.36.